The first-order valence-electron chi connectivity index (χ1n) is 8.93. The Hall–Kier alpha value is -3.81. The second-order valence-corrected chi connectivity index (χ2v) is 6.67. The number of nitrogens with one attached hydrogen (secondary N) is 1. The van der Waals surface area contributed by atoms with Crippen LogP contribution in [0.2, 0.25) is 0 Å². The molecule has 2 aromatic heterocycles. The number of benzene rings is 2. The number of halogens is 1. The lowest BCUT2D eigenvalue weighted by atomic mass is 9.90. The van der Waals surface area contributed by atoms with E-state index in [9.17, 15) is 14.5 Å². The maximum absolute atomic E-state index is 14.4. The fourth-order valence-electron chi connectivity index (χ4n) is 3.41. The molecule has 146 valence electrons. The Labute approximate surface area is 165 Å². The third kappa shape index (κ3) is 3.77. The van der Waals surface area contributed by atoms with Gasteiger partial charge in [-0.15, -0.1) is 0 Å². The zero-order valence-corrected chi connectivity index (χ0v) is 15.5. The van der Waals surface area contributed by atoms with Crippen molar-refractivity contribution in [1.82, 2.24) is 15.0 Å². The maximum Gasteiger partial charge on any atom is 0.214 e. The summed E-state index contributed by atoms with van der Waals surface area (Å²) in [6.45, 7) is 1.47. The standard InChI is InChI=1S/C21H17FN4O3/c1-13-6-20-16(7-21(13)29-14-8-23-12-24-9-14)17(10-25-20)18(11-26(27)28)15-4-2-3-5-19(15)22/h2-10,12,18,25H,11H2,1H3. The summed E-state index contributed by atoms with van der Waals surface area (Å²) in [5, 5.41) is 12.1. The molecule has 4 aromatic rings. The summed E-state index contributed by atoms with van der Waals surface area (Å²) >= 11 is 0. The van der Waals surface area contributed by atoms with Crippen molar-refractivity contribution >= 4 is 10.9 Å². The molecule has 0 saturated heterocycles. The number of aryl methyl sites for hydroxylation is 1. The molecule has 0 aliphatic heterocycles. The van der Waals surface area contributed by atoms with E-state index in [1.807, 2.05) is 13.0 Å². The summed E-state index contributed by atoms with van der Waals surface area (Å²) in [7, 11) is 0. The number of fused-ring (bicyclic) bond motifs is 1. The van der Waals surface area contributed by atoms with Crippen LogP contribution < -0.4 is 4.74 Å². The van der Waals surface area contributed by atoms with Crippen LogP contribution in [0.4, 0.5) is 4.39 Å². The lowest BCUT2D eigenvalue weighted by Crippen LogP contribution is -2.15. The molecule has 8 heteroatoms. The number of hydrogen-bond acceptors (Lipinski definition) is 5. The van der Waals surface area contributed by atoms with Gasteiger partial charge in [0.15, 0.2) is 5.75 Å². The summed E-state index contributed by atoms with van der Waals surface area (Å²) in [5.41, 5.74) is 2.57. The molecule has 0 aliphatic carbocycles. The van der Waals surface area contributed by atoms with Crippen LogP contribution in [0.3, 0.4) is 0 Å². The van der Waals surface area contributed by atoms with Crippen LogP contribution in [0.1, 0.15) is 22.6 Å². The number of aromatic amines is 1. The maximum atomic E-state index is 14.4. The van der Waals surface area contributed by atoms with Crippen LogP contribution in [0.15, 0.2) is 61.3 Å². The minimum atomic E-state index is -0.740. The number of H-pyrrole nitrogens is 1. The van der Waals surface area contributed by atoms with Crippen molar-refractivity contribution in [3.8, 4) is 11.5 Å². The second-order valence-electron chi connectivity index (χ2n) is 6.67. The first kappa shape index (κ1) is 18.5. The van der Waals surface area contributed by atoms with E-state index in [2.05, 4.69) is 15.0 Å². The average molecular weight is 392 g/mol. The molecule has 0 bridgehead atoms. The summed E-state index contributed by atoms with van der Waals surface area (Å²) in [5.74, 6) is -0.168. The van der Waals surface area contributed by atoms with E-state index in [1.165, 1.54) is 12.4 Å². The van der Waals surface area contributed by atoms with Gasteiger partial charge in [-0.2, -0.15) is 0 Å². The van der Waals surface area contributed by atoms with Crippen LogP contribution in [-0.2, 0) is 0 Å². The van der Waals surface area contributed by atoms with E-state index in [-0.39, 0.29) is 5.56 Å². The van der Waals surface area contributed by atoms with Gasteiger partial charge in [0.2, 0.25) is 6.54 Å². The fourth-order valence-corrected chi connectivity index (χ4v) is 3.41. The predicted molar refractivity (Wildman–Crippen MR) is 105 cm³/mol. The number of ether oxygens (including phenoxy) is 1. The molecule has 29 heavy (non-hydrogen) atoms. The van der Waals surface area contributed by atoms with Gasteiger partial charge in [0.05, 0.1) is 18.3 Å². The van der Waals surface area contributed by atoms with Gasteiger partial charge in [-0.1, -0.05) is 18.2 Å². The molecule has 0 fully saturated rings. The highest BCUT2D eigenvalue weighted by atomic mass is 19.1. The summed E-state index contributed by atoms with van der Waals surface area (Å²) in [6.07, 6.45) is 6.19. The van der Waals surface area contributed by atoms with Gasteiger partial charge in [-0.3, -0.25) is 10.1 Å². The minimum Gasteiger partial charge on any atom is -0.454 e. The van der Waals surface area contributed by atoms with E-state index >= 15 is 0 Å². The van der Waals surface area contributed by atoms with Crippen LogP contribution in [0.5, 0.6) is 11.5 Å². The zero-order chi connectivity index (χ0) is 20.4. The smallest absolute Gasteiger partial charge is 0.214 e. The van der Waals surface area contributed by atoms with Crippen molar-refractivity contribution in [3.63, 3.8) is 0 Å². The molecular weight excluding hydrogens is 375 g/mol. The summed E-state index contributed by atoms with van der Waals surface area (Å²) in [6, 6.07) is 9.82. The Bertz CT molecular complexity index is 1180. The van der Waals surface area contributed by atoms with Crippen LogP contribution in [-0.4, -0.2) is 26.4 Å². The summed E-state index contributed by atoms with van der Waals surface area (Å²) in [4.78, 5) is 21.9. The van der Waals surface area contributed by atoms with Crippen molar-refractivity contribution in [1.29, 1.82) is 0 Å². The van der Waals surface area contributed by atoms with Gasteiger partial charge in [-0.25, -0.2) is 14.4 Å². The van der Waals surface area contributed by atoms with E-state index in [0.717, 1.165) is 16.5 Å². The van der Waals surface area contributed by atoms with Gasteiger partial charge in [0.1, 0.15) is 17.9 Å². The fraction of sp³-hybridized carbons (Fsp3) is 0.143. The molecule has 2 aromatic carbocycles. The topological polar surface area (TPSA) is 93.9 Å². The third-order valence-electron chi connectivity index (χ3n) is 4.76. The second kappa shape index (κ2) is 7.67. The van der Waals surface area contributed by atoms with E-state index in [0.29, 0.717) is 17.1 Å². The molecule has 1 unspecified atom stereocenters. The van der Waals surface area contributed by atoms with Gasteiger partial charge < -0.3 is 9.72 Å². The van der Waals surface area contributed by atoms with Gasteiger partial charge in [0, 0.05) is 27.6 Å². The molecule has 1 atom stereocenters. The zero-order valence-electron chi connectivity index (χ0n) is 15.5. The predicted octanol–water partition coefficient (Wildman–Crippen LogP) is 4.61. The Morgan fingerprint density at radius 2 is 1.97 bits per heavy atom. The van der Waals surface area contributed by atoms with Gasteiger partial charge in [0.25, 0.3) is 0 Å². The van der Waals surface area contributed by atoms with Crippen molar-refractivity contribution in [2.24, 2.45) is 0 Å². The number of aromatic nitrogens is 3. The SMILES string of the molecule is Cc1cc2[nH]cc(C(C[N+](=O)[O-])c3ccccc3F)c2cc1Oc1cncnc1. The molecule has 0 amide bonds. The molecule has 4 rings (SSSR count). The number of hydrogen-bond donors (Lipinski definition) is 1. The number of nitrogens with zero attached hydrogens (tertiary/aromatic N) is 3. The molecule has 0 saturated carbocycles. The van der Waals surface area contributed by atoms with Crippen molar-refractivity contribution in [3.05, 3.63) is 93.9 Å². The van der Waals surface area contributed by atoms with E-state index < -0.39 is 23.2 Å². The van der Waals surface area contributed by atoms with Crippen LogP contribution in [0.25, 0.3) is 10.9 Å². The normalized spacial score (nSPS) is 12.1. The largest absolute Gasteiger partial charge is 0.454 e. The first-order valence-corrected chi connectivity index (χ1v) is 8.93. The molecule has 7 nitrogen and oxygen atoms in total. The molecule has 1 N–H and O–H groups in total. The van der Waals surface area contributed by atoms with Crippen LogP contribution >= 0.6 is 0 Å². The molecule has 0 radical (unpaired) electrons. The molecule has 0 spiro atoms. The Balaban J connectivity index is 1.82. The number of nitro groups is 1. The number of rotatable bonds is 6. The van der Waals surface area contributed by atoms with Crippen LogP contribution in [0, 0.1) is 22.9 Å². The quantitative estimate of drug-likeness (QED) is 0.382. The highest BCUT2D eigenvalue weighted by Crippen LogP contribution is 2.36. The average Bonchev–Trinajstić information content (AvgIpc) is 3.10. The molecular formula is C21H17FN4O3. The van der Waals surface area contributed by atoms with Crippen molar-refractivity contribution < 1.29 is 14.1 Å². The first-order chi connectivity index (χ1) is 14.0. The summed E-state index contributed by atoms with van der Waals surface area (Å²) < 4.78 is 20.3. The monoisotopic (exact) mass is 392 g/mol. The van der Waals surface area contributed by atoms with E-state index in [1.54, 1.807) is 42.9 Å². The van der Waals surface area contributed by atoms with Crippen molar-refractivity contribution in [2.75, 3.05) is 6.54 Å². The Kier molecular flexibility index (Phi) is 4.90. The minimum absolute atomic E-state index is 0.282. The van der Waals surface area contributed by atoms with Gasteiger partial charge >= 0.3 is 0 Å². The Morgan fingerprint density at radius 1 is 1.21 bits per heavy atom. The lowest BCUT2D eigenvalue weighted by Gasteiger charge is -2.15. The Morgan fingerprint density at radius 3 is 2.69 bits per heavy atom. The lowest BCUT2D eigenvalue weighted by molar-refractivity contribution is -0.481. The van der Waals surface area contributed by atoms with E-state index in [4.69, 9.17) is 4.74 Å². The molecule has 2 heterocycles. The highest BCUT2D eigenvalue weighted by Gasteiger charge is 2.26. The highest BCUT2D eigenvalue weighted by molar-refractivity contribution is 5.86. The van der Waals surface area contributed by atoms with Gasteiger partial charge in [-0.05, 0) is 36.2 Å². The molecule has 0 aliphatic rings. The van der Waals surface area contributed by atoms with Crippen molar-refractivity contribution in [2.45, 2.75) is 12.8 Å². The third-order valence-corrected chi connectivity index (χ3v) is 4.76.